The highest BCUT2D eigenvalue weighted by Crippen LogP contribution is 2.13. The van der Waals surface area contributed by atoms with E-state index in [1.165, 1.54) is 16.7 Å². The van der Waals surface area contributed by atoms with E-state index in [9.17, 15) is 0 Å². The van der Waals surface area contributed by atoms with Gasteiger partial charge in [-0.3, -0.25) is 4.90 Å². The minimum absolute atomic E-state index is 0. The highest BCUT2D eigenvalue weighted by atomic mass is 127. The molecule has 0 spiro atoms. The van der Waals surface area contributed by atoms with Crippen LogP contribution < -0.4 is 10.6 Å². The minimum Gasteiger partial charge on any atom is -0.357 e. The molecule has 1 aliphatic heterocycles. The Morgan fingerprint density at radius 2 is 1.85 bits per heavy atom. The molecule has 4 nitrogen and oxygen atoms in total. The fourth-order valence-electron chi connectivity index (χ4n) is 3.35. The van der Waals surface area contributed by atoms with Gasteiger partial charge in [-0.1, -0.05) is 43.3 Å². The number of nitrogens with zero attached hydrogens (tertiary/aromatic N) is 2. The summed E-state index contributed by atoms with van der Waals surface area (Å²) in [5, 5.41) is 7.02. The summed E-state index contributed by atoms with van der Waals surface area (Å²) in [6.07, 6.45) is 3.36. The van der Waals surface area contributed by atoms with E-state index in [-0.39, 0.29) is 24.0 Å². The number of hydrogen-bond acceptors (Lipinski definition) is 2. The van der Waals surface area contributed by atoms with Crippen molar-refractivity contribution in [1.82, 2.24) is 15.5 Å². The topological polar surface area (TPSA) is 39.7 Å². The maximum atomic E-state index is 4.82. The lowest BCUT2D eigenvalue weighted by Crippen LogP contribution is -2.48. The molecule has 2 rings (SSSR count). The van der Waals surface area contributed by atoms with Gasteiger partial charge < -0.3 is 10.6 Å². The van der Waals surface area contributed by atoms with Crippen LogP contribution in [0, 0.1) is 0 Å². The maximum absolute atomic E-state index is 4.82. The second kappa shape index (κ2) is 12.3. The van der Waals surface area contributed by atoms with Crippen LogP contribution >= 0.6 is 24.0 Å². The zero-order valence-electron chi connectivity index (χ0n) is 16.6. The average Bonchev–Trinajstić information content (AvgIpc) is 2.61. The summed E-state index contributed by atoms with van der Waals surface area (Å²) in [6.45, 7) is 15.3. The van der Waals surface area contributed by atoms with Crippen LogP contribution in [-0.2, 0) is 13.0 Å². The maximum Gasteiger partial charge on any atom is 0.191 e. The summed E-state index contributed by atoms with van der Waals surface area (Å²) < 4.78 is 0. The number of hydrogen-bond donors (Lipinski definition) is 2. The van der Waals surface area contributed by atoms with Crippen LogP contribution in [0.4, 0.5) is 0 Å². The van der Waals surface area contributed by atoms with Crippen molar-refractivity contribution in [3.63, 3.8) is 0 Å². The fourth-order valence-corrected chi connectivity index (χ4v) is 3.35. The molecule has 146 valence electrons. The normalized spacial score (nSPS) is 16.0. The molecule has 1 aliphatic rings. The first-order valence-electron chi connectivity index (χ1n) is 9.60. The second-order valence-electron chi connectivity index (χ2n) is 6.97. The zero-order chi connectivity index (χ0) is 18.1. The number of aliphatic imine (C=N–C) groups is 1. The van der Waals surface area contributed by atoms with E-state index in [0.29, 0.717) is 6.04 Å². The van der Waals surface area contributed by atoms with Crippen molar-refractivity contribution >= 4 is 29.9 Å². The lowest BCUT2D eigenvalue weighted by Gasteiger charge is -2.33. The first-order chi connectivity index (χ1) is 12.1. The van der Waals surface area contributed by atoms with E-state index < -0.39 is 0 Å². The number of benzene rings is 1. The van der Waals surface area contributed by atoms with Gasteiger partial charge in [0.1, 0.15) is 0 Å². The molecule has 0 aliphatic carbocycles. The summed E-state index contributed by atoms with van der Waals surface area (Å²) in [7, 11) is 0. The van der Waals surface area contributed by atoms with Gasteiger partial charge in [-0.2, -0.15) is 0 Å². The van der Waals surface area contributed by atoms with Gasteiger partial charge in [0, 0.05) is 32.2 Å². The molecule has 0 aromatic heterocycles. The Morgan fingerprint density at radius 1 is 1.19 bits per heavy atom. The molecule has 26 heavy (non-hydrogen) atoms. The van der Waals surface area contributed by atoms with Crippen molar-refractivity contribution in [2.75, 3.05) is 26.2 Å². The minimum atomic E-state index is 0. The molecule has 5 heteroatoms. The lowest BCUT2D eigenvalue weighted by molar-refractivity contribution is 0.221. The predicted octanol–water partition coefficient (Wildman–Crippen LogP) is 3.96. The number of likely N-dealkylation sites (tertiary alicyclic amines) is 1. The Bertz CT molecular complexity index is 577. The third-order valence-electron chi connectivity index (χ3n) is 4.67. The van der Waals surface area contributed by atoms with Gasteiger partial charge in [0.05, 0.1) is 6.54 Å². The number of halogens is 1. The SMILES string of the molecule is C=C(C)CN1CCC(NC(=NCc2ccccc2CC)NCC)CC1.I. The number of piperidine rings is 1. The summed E-state index contributed by atoms with van der Waals surface area (Å²) in [4.78, 5) is 7.31. The van der Waals surface area contributed by atoms with Crippen molar-refractivity contribution in [2.24, 2.45) is 4.99 Å². The average molecular weight is 470 g/mol. The molecule has 0 atom stereocenters. The molecule has 1 saturated heterocycles. The van der Waals surface area contributed by atoms with Crippen molar-refractivity contribution in [3.8, 4) is 0 Å². The molecule has 0 bridgehead atoms. The Hall–Kier alpha value is -1.08. The van der Waals surface area contributed by atoms with Crippen LogP contribution in [0.25, 0.3) is 0 Å². The van der Waals surface area contributed by atoms with Crippen LogP contribution in [-0.4, -0.2) is 43.1 Å². The fraction of sp³-hybridized carbons (Fsp3) is 0.571. The van der Waals surface area contributed by atoms with Crippen molar-refractivity contribution in [1.29, 1.82) is 0 Å². The smallest absolute Gasteiger partial charge is 0.191 e. The molecule has 0 unspecified atom stereocenters. The van der Waals surface area contributed by atoms with Gasteiger partial charge in [-0.05, 0) is 44.2 Å². The van der Waals surface area contributed by atoms with Gasteiger partial charge >= 0.3 is 0 Å². The van der Waals surface area contributed by atoms with Crippen LogP contribution in [0.2, 0.25) is 0 Å². The summed E-state index contributed by atoms with van der Waals surface area (Å²) in [5.41, 5.74) is 3.95. The third-order valence-corrected chi connectivity index (χ3v) is 4.67. The van der Waals surface area contributed by atoms with E-state index in [2.05, 4.69) is 67.1 Å². The van der Waals surface area contributed by atoms with E-state index >= 15 is 0 Å². The van der Waals surface area contributed by atoms with Crippen LogP contribution in [0.1, 0.15) is 44.7 Å². The van der Waals surface area contributed by atoms with Gasteiger partial charge in [0.25, 0.3) is 0 Å². The van der Waals surface area contributed by atoms with E-state index in [1.54, 1.807) is 0 Å². The Morgan fingerprint density at radius 3 is 2.42 bits per heavy atom. The molecular weight excluding hydrogens is 435 g/mol. The van der Waals surface area contributed by atoms with Crippen LogP contribution in [0.3, 0.4) is 0 Å². The highest BCUT2D eigenvalue weighted by Gasteiger charge is 2.19. The molecule has 1 aromatic carbocycles. The number of nitrogens with one attached hydrogen (secondary N) is 2. The Labute approximate surface area is 176 Å². The van der Waals surface area contributed by atoms with E-state index in [0.717, 1.165) is 57.9 Å². The molecule has 2 N–H and O–H groups in total. The second-order valence-corrected chi connectivity index (χ2v) is 6.97. The predicted molar refractivity (Wildman–Crippen MR) is 123 cm³/mol. The lowest BCUT2D eigenvalue weighted by atomic mass is 10.0. The van der Waals surface area contributed by atoms with Crippen LogP contribution in [0.15, 0.2) is 41.4 Å². The van der Waals surface area contributed by atoms with Gasteiger partial charge in [-0.25, -0.2) is 4.99 Å². The largest absolute Gasteiger partial charge is 0.357 e. The van der Waals surface area contributed by atoms with Gasteiger partial charge in [-0.15, -0.1) is 24.0 Å². The highest BCUT2D eigenvalue weighted by molar-refractivity contribution is 14.0. The molecule has 0 radical (unpaired) electrons. The zero-order valence-corrected chi connectivity index (χ0v) is 18.9. The van der Waals surface area contributed by atoms with Gasteiger partial charge in [0.15, 0.2) is 5.96 Å². The van der Waals surface area contributed by atoms with E-state index in [1.807, 2.05) is 0 Å². The summed E-state index contributed by atoms with van der Waals surface area (Å²) in [5.74, 6) is 0.937. The molecule has 0 saturated carbocycles. The standard InChI is InChI=1S/C21H34N4.HI/c1-5-18-9-7-8-10-19(18)15-23-21(22-6-2)24-20-11-13-25(14-12-20)16-17(3)4;/h7-10,20H,3,5-6,11-16H2,1-2,4H3,(H2,22,23,24);1H. The molecule has 1 aromatic rings. The number of guanidine groups is 1. The van der Waals surface area contributed by atoms with Gasteiger partial charge in [0.2, 0.25) is 0 Å². The third kappa shape index (κ3) is 7.66. The van der Waals surface area contributed by atoms with Crippen molar-refractivity contribution in [3.05, 3.63) is 47.5 Å². The van der Waals surface area contributed by atoms with E-state index in [4.69, 9.17) is 4.99 Å². The molecule has 1 heterocycles. The van der Waals surface area contributed by atoms with Crippen molar-refractivity contribution < 1.29 is 0 Å². The first kappa shape index (κ1) is 23.0. The first-order valence-corrected chi connectivity index (χ1v) is 9.60. The summed E-state index contributed by atoms with van der Waals surface area (Å²) in [6, 6.07) is 9.08. The molecule has 1 fully saturated rings. The van der Waals surface area contributed by atoms with Crippen LogP contribution in [0.5, 0.6) is 0 Å². The quantitative estimate of drug-likeness (QED) is 0.274. The molecular formula is C21H35IN4. The van der Waals surface area contributed by atoms with Crippen molar-refractivity contribution in [2.45, 2.75) is 52.6 Å². The molecule has 0 amide bonds. The Balaban J connectivity index is 0.00000338. The monoisotopic (exact) mass is 470 g/mol. The number of rotatable bonds is 7. The Kier molecular flexibility index (Phi) is 10.9. The number of aryl methyl sites for hydroxylation is 1. The summed E-state index contributed by atoms with van der Waals surface area (Å²) >= 11 is 0.